The first-order valence-electron chi connectivity index (χ1n) is 7.77. The van der Waals surface area contributed by atoms with Gasteiger partial charge in [0.25, 0.3) is 5.91 Å². The standard InChI is InChI=1S/C20H19NO3/c1-14-8-9-15(2)19(12-14)23-13-17-10-11-18(24-17)20(22)21-16-6-4-3-5-7-16/h3-12H,13H2,1-2H3,(H,21,22). The molecule has 3 rings (SSSR count). The van der Waals surface area contributed by atoms with Gasteiger partial charge < -0.3 is 14.5 Å². The van der Waals surface area contributed by atoms with Crippen molar-refractivity contribution in [1.82, 2.24) is 0 Å². The van der Waals surface area contributed by atoms with Gasteiger partial charge in [-0.2, -0.15) is 0 Å². The number of carbonyl (C=O) groups is 1. The van der Waals surface area contributed by atoms with Crippen molar-refractivity contribution in [2.45, 2.75) is 20.5 Å². The minimum absolute atomic E-state index is 0.262. The quantitative estimate of drug-likeness (QED) is 0.739. The van der Waals surface area contributed by atoms with E-state index in [2.05, 4.69) is 5.32 Å². The van der Waals surface area contributed by atoms with E-state index < -0.39 is 0 Å². The Morgan fingerprint density at radius 3 is 2.62 bits per heavy atom. The molecule has 0 saturated carbocycles. The van der Waals surface area contributed by atoms with Crippen molar-refractivity contribution >= 4 is 11.6 Å². The van der Waals surface area contributed by atoms with Crippen molar-refractivity contribution in [3.05, 3.63) is 83.3 Å². The van der Waals surface area contributed by atoms with Crippen molar-refractivity contribution < 1.29 is 13.9 Å². The summed E-state index contributed by atoms with van der Waals surface area (Å²) in [5.41, 5.74) is 2.93. The van der Waals surface area contributed by atoms with Gasteiger partial charge in [-0.05, 0) is 55.3 Å². The summed E-state index contributed by atoms with van der Waals surface area (Å²) in [6.45, 7) is 4.30. The van der Waals surface area contributed by atoms with Crippen LogP contribution in [0.25, 0.3) is 0 Å². The van der Waals surface area contributed by atoms with Crippen LogP contribution in [0.4, 0.5) is 5.69 Å². The lowest BCUT2D eigenvalue weighted by Gasteiger charge is -2.08. The van der Waals surface area contributed by atoms with E-state index in [4.69, 9.17) is 9.15 Å². The highest BCUT2D eigenvalue weighted by molar-refractivity contribution is 6.02. The molecule has 1 heterocycles. The molecule has 1 aromatic heterocycles. The highest BCUT2D eigenvalue weighted by Crippen LogP contribution is 2.21. The maximum atomic E-state index is 12.2. The van der Waals surface area contributed by atoms with Crippen molar-refractivity contribution in [3.63, 3.8) is 0 Å². The molecule has 0 radical (unpaired) electrons. The summed E-state index contributed by atoms with van der Waals surface area (Å²) in [7, 11) is 0. The number of anilines is 1. The molecule has 0 bridgehead atoms. The molecule has 1 N–H and O–H groups in total. The highest BCUT2D eigenvalue weighted by atomic mass is 16.5. The van der Waals surface area contributed by atoms with E-state index in [1.165, 1.54) is 0 Å². The number of furan rings is 1. The van der Waals surface area contributed by atoms with Crippen LogP contribution in [0.2, 0.25) is 0 Å². The zero-order chi connectivity index (χ0) is 16.9. The summed E-state index contributed by atoms with van der Waals surface area (Å²) >= 11 is 0. The molecule has 0 aliphatic carbocycles. The minimum atomic E-state index is -0.279. The molecule has 0 aliphatic rings. The Labute approximate surface area is 141 Å². The Balaban J connectivity index is 1.63. The van der Waals surface area contributed by atoms with E-state index in [-0.39, 0.29) is 18.3 Å². The van der Waals surface area contributed by atoms with Gasteiger partial charge >= 0.3 is 0 Å². The first kappa shape index (κ1) is 15.9. The van der Waals surface area contributed by atoms with Crippen molar-refractivity contribution in [3.8, 4) is 5.75 Å². The van der Waals surface area contributed by atoms with E-state index in [0.29, 0.717) is 5.76 Å². The third kappa shape index (κ3) is 3.84. The number of nitrogens with one attached hydrogen (secondary N) is 1. The number of rotatable bonds is 5. The lowest BCUT2D eigenvalue weighted by molar-refractivity contribution is 0.0992. The number of aryl methyl sites for hydroxylation is 2. The summed E-state index contributed by atoms with van der Waals surface area (Å²) in [5.74, 6) is 1.41. The summed E-state index contributed by atoms with van der Waals surface area (Å²) in [6, 6.07) is 18.7. The molecule has 0 unspecified atom stereocenters. The van der Waals surface area contributed by atoms with Crippen LogP contribution in [-0.2, 0) is 6.61 Å². The van der Waals surface area contributed by atoms with Crippen LogP contribution < -0.4 is 10.1 Å². The van der Waals surface area contributed by atoms with Crippen molar-refractivity contribution in [1.29, 1.82) is 0 Å². The Kier molecular flexibility index (Phi) is 4.66. The highest BCUT2D eigenvalue weighted by Gasteiger charge is 2.12. The molecule has 2 aromatic carbocycles. The minimum Gasteiger partial charge on any atom is -0.485 e. The molecule has 0 atom stereocenters. The monoisotopic (exact) mass is 321 g/mol. The zero-order valence-corrected chi connectivity index (χ0v) is 13.7. The molecule has 0 fully saturated rings. The van der Waals surface area contributed by atoms with Crippen molar-refractivity contribution in [2.75, 3.05) is 5.32 Å². The zero-order valence-electron chi connectivity index (χ0n) is 13.7. The van der Waals surface area contributed by atoms with Gasteiger partial charge in [0.15, 0.2) is 5.76 Å². The van der Waals surface area contributed by atoms with Gasteiger partial charge in [-0.3, -0.25) is 4.79 Å². The molecule has 0 aliphatic heterocycles. The fourth-order valence-electron chi connectivity index (χ4n) is 2.30. The average Bonchev–Trinajstić information content (AvgIpc) is 3.06. The Morgan fingerprint density at radius 1 is 1.04 bits per heavy atom. The maximum absolute atomic E-state index is 12.2. The van der Waals surface area contributed by atoms with Crippen LogP contribution >= 0.6 is 0 Å². The maximum Gasteiger partial charge on any atom is 0.291 e. The number of benzene rings is 2. The number of hydrogen-bond acceptors (Lipinski definition) is 3. The smallest absolute Gasteiger partial charge is 0.291 e. The van der Waals surface area contributed by atoms with Gasteiger partial charge in [-0.15, -0.1) is 0 Å². The molecular formula is C20H19NO3. The predicted molar refractivity (Wildman–Crippen MR) is 93.4 cm³/mol. The summed E-state index contributed by atoms with van der Waals surface area (Å²) < 4.78 is 11.4. The fraction of sp³-hybridized carbons (Fsp3) is 0.150. The predicted octanol–water partition coefficient (Wildman–Crippen LogP) is 4.73. The van der Waals surface area contributed by atoms with Crippen LogP contribution in [0.15, 0.2) is 65.1 Å². The van der Waals surface area contributed by atoms with E-state index in [1.54, 1.807) is 12.1 Å². The van der Waals surface area contributed by atoms with Crippen LogP contribution in [-0.4, -0.2) is 5.91 Å². The number of hydrogen-bond donors (Lipinski definition) is 1. The number of carbonyl (C=O) groups excluding carboxylic acids is 1. The van der Waals surface area contributed by atoms with Gasteiger partial charge in [0.2, 0.25) is 0 Å². The first-order valence-corrected chi connectivity index (χ1v) is 7.77. The summed E-state index contributed by atoms with van der Waals surface area (Å²) in [5, 5.41) is 2.79. The van der Waals surface area contributed by atoms with Gasteiger partial charge in [0, 0.05) is 5.69 Å². The number of para-hydroxylation sites is 1. The van der Waals surface area contributed by atoms with E-state index >= 15 is 0 Å². The second-order valence-corrected chi connectivity index (χ2v) is 5.64. The Morgan fingerprint density at radius 2 is 1.83 bits per heavy atom. The topological polar surface area (TPSA) is 51.5 Å². The second kappa shape index (κ2) is 7.04. The van der Waals surface area contributed by atoms with E-state index in [1.807, 2.05) is 62.4 Å². The second-order valence-electron chi connectivity index (χ2n) is 5.64. The molecular weight excluding hydrogens is 302 g/mol. The molecule has 0 saturated heterocycles. The lowest BCUT2D eigenvalue weighted by Crippen LogP contribution is -2.10. The first-order chi connectivity index (χ1) is 11.6. The van der Waals surface area contributed by atoms with Crippen molar-refractivity contribution in [2.24, 2.45) is 0 Å². The van der Waals surface area contributed by atoms with E-state index in [9.17, 15) is 4.79 Å². The molecule has 3 aromatic rings. The Bertz CT molecular complexity index is 837. The average molecular weight is 321 g/mol. The van der Waals surface area contributed by atoms with Crippen LogP contribution in [0, 0.1) is 13.8 Å². The molecule has 4 heteroatoms. The van der Waals surface area contributed by atoms with Crippen LogP contribution in [0.3, 0.4) is 0 Å². The molecule has 24 heavy (non-hydrogen) atoms. The van der Waals surface area contributed by atoms with Gasteiger partial charge in [-0.1, -0.05) is 30.3 Å². The number of amides is 1. The van der Waals surface area contributed by atoms with Crippen LogP contribution in [0.5, 0.6) is 5.75 Å². The third-order valence-corrected chi connectivity index (χ3v) is 3.63. The normalized spacial score (nSPS) is 10.4. The molecule has 4 nitrogen and oxygen atoms in total. The Hall–Kier alpha value is -3.01. The summed E-state index contributed by atoms with van der Waals surface area (Å²) in [4.78, 5) is 12.2. The largest absolute Gasteiger partial charge is 0.485 e. The summed E-state index contributed by atoms with van der Waals surface area (Å²) in [6.07, 6.45) is 0. The lowest BCUT2D eigenvalue weighted by atomic mass is 10.1. The molecule has 1 amide bonds. The van der Waals surface area contributed by atoms with Crippen LogP contribution in [0.1, 0.15) is 27.4 Å². The molecule has 122 valence electrons. The van der Waals surface area contributed by atoms with E-state index in [0.717, 1.165) is 22.6 Å². The van der Waals surface area contributed by atoms with Gasteiger partial charge in [0.05, 0.1) is 0 Å². The third-order valence-electron chi connectivity index (χ3n) is 3.63. The molecule has 0 spiro atoms. The number of ether oxygens (including phenoxy) is 1. The SMILES string of the molecule is Cc1ccc(C)c(OCc2ccc(C(=O)Nc3ccccc3)o2)c1. The van der Waals surface area contributed by atoms with Gasteiger partial charge in [-0.25, -0.2) is 0 Å². The van der Waals surface area contributed by atoms with Gasteiger partial charge in [0.1, 0.15) is 18.1 Å². The fourth-order valence-corrected chi connectivity index (χ4v) is 2.30.